The number of nitrogens with zero attached hydrogens (tertiary/aromatic N) is 3. The van der Waals surface area contributed by atoms with Crippen LogP contribution in [0.4, 0.5) is 0 Å². The van der Waals surface area contributed by atoms with Gasteiger partial charge in [0.05, 0.1) is 11.8 Å². The van der Waals surface area contributed by atoms with Gasteiger partial charge >= 0.3 is 0 Å². The zero-order chi connectivity index (χ0) is 14.5. The molecule has 0 amide bonds. The van der Waals surface area contributed by atoms with Crippen molar-refractivity contribution in [3.8, 4) is 17.5 Å². The fourth-order valence-electron chi connectivity index (χ4n) is 2.17. The number of hydrogen-bond donors (Lipinski definition) is 0. The van der Waals surface area contributed by atoms with E-state index in [1.165, 1.54) is 0 Å². The maximum atomic E-state index is 9.21. The van der Waals surface area contributed by atoms with E-state index >= 15 is 0 Å². The first kappa shape index (κ1) is 14.6. The Hall–Kier alpha value is -1.79. The molecule has 0 radical (unpaired) electrons. The maximum absolute atomic E-state index is 9.21. The highest BCUT2D eigenvalue weighted by Crippen LogP contribution is 2.30. The van der Waals surface area contributed by atoms with Gasteiger partial charge in [0.2, 0.25) is 0 Å². The van der Waals surface area contributed by atoms with Crippen molar-refractivity contribution < 1.29 is 0 Å². The molecule has 0 aliphatic heterocycles. The van der Waals surface area contributed by atoms with E-state index in [9.17, 15) is 5.26 Å². The molecule has 0 saturated carbocycles. The van der Waals surface area contributed by atoms with Crippen LogP contribution in [0.15, 0.2) is 30.3 Å². The molecule has 20 heavy (non-hydrogen) atoms. The smallest absolute Gasteiger partial charge is 0.142 e. The number of aryl methyl sites for hydroxylation is 1. The quantitative estimate of drug-likeness (QED) is 0.804. The predicted octanol–water partition coefficient (Wildman–Crippen LogP) is 4.63. The third-order valence-electron chi connectivity index (χ3n) is 3.29. The Morgan fingerprint density at radius 1 is 1.35 bits per heavy atom. The predicted molar refractivity (Wildman–Crippen MR) is 81.6 cm³/mol. The average molecular weight is 288 g/mol. The number of imidazole rings is 1. The van der Waals surface area contributed by atoms with Crippen LogP contribution in [0, 0.1) is 11.3 Å². The molecule has 2 aromatic rings. The molecule has 0 N–H and O–H groups in total. The van der Waals surface area contributed by atoms with E-state index in [1.54, 1.807) is 0 Å². The second-order valence-corrected chi connectivity index (χ2v) is 5.18. The molecule has 0 bridgehead atoms. The van der Waals surface area contributed by atoms with Crippen molar-refractivity contribution in [2.75, 3.05) is 0 Å². The van der Waals surface area contributed by atoms with Crippen molar-refractivity contribution in [2.45, 2.75) is 39.2 Å². The third-order valence-corrected chi connectivity index (χ3v) is 3.69. The fraction of sp³-hybridized carbons (Fsp3) is 0.375. The molecule has 0 aliphatic rings. The number of benzene rings is 1. The molecule has 1 heterocycles. The number of halogens is 1. The zero-order valence-corrected chi connectivity index (χ0v) is 12.6. The molecule has 2 rings (SSSR count). The van der Waals surface area contributed by atoms with E-state index < -0.39 is 0 Å². The van der Waals surface area contributed by atoms with Crippen LogP contribution in [-0.4, -0.2) is 9.55 Å². The highest BCUT2D eigenvalue weighted by molar-refractivity contribution is 6.30. The average Bonchev–Trinajstić information content (AvgIpc) is 2.82. The first-order valence-electron chi connectivity index (χ1n) is 6.90. The fourth-order valence-corrected chi connectivity index (χ4v) is 2.53. The van der Waals surface area contributed by atoms with Crippen LogP contribution in [0.3, 0.4) is 0 Å². The summed E-state index contributed by atoms with van der Waals surface area (Å²) in [5.41, 5.74) is 1.87. The van der Waals surface area contributed by atoms with Gasteiger partial charge in [-0.25, -0.2) is 4.98 Å². The first-order valence-corrected chi connectivity index (χ1v) is 7.28. The lowest BCUT2D eigenvalue weighted by atomic mass is 10.2. The topological polar surface area (TPSA) is 41.6 Å². The lowest BCUT2D eigenvalue weighted by Gasteiger charge is -2.10. The summed E-state index contributed by atoms with van der Waals surface area (Å²) in [6, 6.07) is 11.8. The third kappa shape index (κ3) is 2.86. The lowest BCUT2D eigenvalue weighted by molar-refractivity contribution is 0.679. The molecule has 1 aromatic carbocycles. The van der Waals surface area contributed by atoms with Gasteiger partial charge in [0, 0.05) is 5.56 Å². The molecule has 104 valence electrons. The minimum absolute atomic E-state index is 0.333. The summed E-state index contributed by atoms with van der Waals surface area (Å²) >= 11 is 6.44. The second kappa shape index (κ2) is 6.58. The van der Waals surface area contributed by atoms with Gasteiger partial charge in [0.25, 0.3) is 0 Å². The van der Waals surface area contributed by atoms with E-state index in [0.717, 1.165) is 36.3 Å². The van der Waals surface area contributed by atoms with Gasteiger partial charge in [-0.1, -0.05) is 55.3 Å². The van der Waals surface area contributed by atoms with E-state index in [2.05, 4.69) is 18.0 Å². The van der Waals surface area contributed by atoms with Crippen molar-refractivity contribution in [3.63, 3.8) is 0 Å². The number of rotatable bonds is 5. The van der Waals surface area contributed by atoms with E-state index in [1.807, 2.05) is 41.8 Å². The molecule has 0 saturated heterocycles. The standard InChI is InChI=1S/C16H18ClN3/c1-3-4-10-14-15(17)20(12(2)11-18)16(19-14)13-8-6-5-7-9-13/h5-9,12H,3-4,10H2,1-2H3. The largest absolute Gasteiger partial charge is 0.298 e. The van der Waals surface area contributed by atoms with Gasteiger partial charge in [-0.3, -0.25) is 4.57 Å². The minimum atomic E-state index is -0.333. The summed E-state index contributed by atoms with van der Waals surface area (Å²) < 4.78 is 1.82. The van der Waals surface area contributed by atoms with Crippen molar-refractivity contribution >= 4 is 11.6 Å². The number of hydrogen-bond acceptors (Lipinski definition) is 2. The summed E-state index contributed by atoms with van der Waals surface area (Å²) in [7, 11) is 0. The van der Waals surface area contributed by atoms with Gasteiger partial charge in [0.1, 0.15) is 17.0 Å². The van der Waals surface area contributed by atoms with Gasteiger partial charge in [0.15, 0.2) is 0 Å². The summed E-state index contributed by atoms with van der Waals surface area (Å²) in [4.78, 5) is 4.67. The summed E-state index contributed by atoms with van der Waals surface area (Å²) in [6.45, 7) is 3.98. The summed E-state index contributed by atoms with van der Waals surface area (Å²) in [5, 5.41) is 9.80. The number of aromatic nitrogens is 2. The normalized spacial score (nSPS) is 12.1. The molecule has 1 atom stereocenters. The monoisotopic (exact) mass is 287 g/mol. The molecule has 4 heteroatoms. The van der Waals surface area contributed by atoms with Crippen molar-refractivity contribution in [1.82, 2.24) is 9.55 Å². The molecule has 3 nitrogen and oxygen atoms in total. The Morgan fingerprint density at radius 2 is 2.05 bits per heavy atom. The Bertz CT molecular complexity index is 611. The number of unbranched alkanes of at least 4 members (excludes halogenated alkanes) is 1. The van der Waals surface area contributed by atoms with E-state index in [-0.39, 0.29) is 6.04 Å². The lowest BCUT2D eigenvalue weighted by Crippen LogP contribution is -2.05. The molecule has 0 aliphatic carbocycles. The van der Waals surface area contributed by atoms with E-state index in [4.69, 9.17) is 11.6 Å². The van der Waals surface area contributed by atoms with Crippen molar-refractivity contribution in [2.24, 2.45) is 0 Å². The first-order chi connectivity index (χ1) is 9.69. The van der Waals surface area contributed by atoms with E-state index in [0.29, 0.717) is 5.15 Å². The number of nitriles is 1. The van der Waals surface area contributed by atoms with Gasteiger partial charge in [-0.15, -0.1) is 0 Å². The Kier molecular flexibility index (Phi) is 4.81. The SMILES string of the molecule is CCCCc1nc(-c2ccccc2)n(C(C)C#N)c1Cl. The van der Waals surface area contributed by atoms with Crippen molar-refractivity contribution in [1.29, 1.82) is 5.26 Å². The highest BCUT2D eigenvalue weighted by Gasteiger charge is 2.20. The Labute approximate surface area is 124 Å². The highest BCUT2D eigenvalue weighted by atomic mass is 35.5. The van der Waals surface area contributed by atoms with Crippen LogP contribution < -0.4 is 0 Å². The van der Waals surface area contributed by atoms with Gasteiger partial charge < -0.3 is 0 Å². The van der Waals surface area contributed by atoms with Crippen LogP contribution in [0.1, 0.15) is 38.4 Å². The van der Waals surface area contributed by atoms with Crippen LogP contribution in [0.25, 0.3) is 11.4 Å². The molecule has 1 unspecified atom stereocenters. The minimum Gasteiger partial charge on any atom is -0.298 e. The van der Waals surface area contributed by atoms with Crippen molar-refractivity contribution in [3.05, 3.63) is 41.2 Å². The molecule has 0 spiro atoms. The molecular weight excluding hydrogens is 270 g/mol. The maximum Gasteiger partial charge on any atom is 0.142 e. The molecule has 1 aromatic heterocycles. The summed E-state index contributed by atoms with van der Waals surface area (Å²) in [5.74, 6) is 0.774. The second-order valence-electron chi connectivity index (χ2n) is 4.82. The summed E-state index contributed by atoms with van der Waals surface area (Å²) in [6.07, 6.45) is 2.99. The van der Waals surface area contributed by atoms with Gasteiger partial charge in [-0.2, -0.15) is 5.26 Å². The molecule has 0 fully saturated rings. The van der Waals surface area contributed by atoms with Crippen LogP contribution in [0.5, 0.6) is 0 Å². The van der Waals surface area contributed by atoms with Crippen LogP contribution in [-0.2, 0) is 6.42 Å². The Balaban J connectivity index is 2.52. The van der Waals surface area contributed by atoms with Crippen LogP contribution >= 0.6 is 11.6 Å². The zero-order valence-electron chi connectivity index (χ0n) is 11.8. The van der Waals surface area contributed by atoms with Crippen LogP contribution in [0.2, 0.25) is 5.15 Å². The Morgan fingerprint density at radius 3 is 2.65 bits per heavy atom. The molecular formula is C16H18ClN3. The van der Waals surface area contributed by atoms with Gasteiger partial charge in [-0.05, 0) is 19.8 Å².